The number of sulfone groups is 1. The van der Waals surface area contributed by atoms with Gasteiger partial charge in [-0.1, -0.05) is 12.1 Å². The van der Waals surface area contributed by atoms with Crippen molar-refractivity contribution in [3.05, 3.63) is 41.1 Å². The summed E-state index contributed by atoms with van der Waals surface area (Å²) in [5.41, 5.74) is 3.10. The van der Waals surface area contributed by atoms with Gasteiger partial charge in [-0.25, -0.2) is 8.42 Å². The van der Waals surface area contributed by atoms with E-state index in [1.54, 1.807) is 24.3 Å². The third kappa shape index (κ3) is 2.55. The van der Waals surface area contributed by atoms with Gasteiger partial charge in [0.05, 0.1) is 4.90 Å². The molecule has 2 N–H and O–H groups in total. The summed E-state index contributed by atoms with van der Waals surface area (Å²) in [4.78, 5) is 12.3. The van der Waals surface area contributed by atoms with E-state index in [2.05, 4.69) is 15.5 Å². The smallest absolute Gasteiger partial charge is 0.226 e. The summed E-state index contributed by atoms with van der Waals surface area (Å²) in [7, 11) is -3.22. The van der Waals surface area contributed by atoms with Crippen LogP contribution in [0.25, 0.3) is 0 Å². The number of H-pyrrole nitrogens is 1. The van der Waals surface area contributed by atoms with Gasteiger partial charge in [-0.3, -0.25) is 9.89 Å². The highest BCUT2D eigenvalue weighted by Gasteiger charge is 2.37. The molecule has 1 saturated carbocycles. The first-order valence-electron chi connectivity index (χ1n) is 7.61. The van der Waals surface area contributed by atoms with Crippen LogP contribution < -0.4 is 5.32 Å². The number of aromatic amines is 1. The van der Waals surface area contributed by atoms with Crippen molar-refractivity contribution in [2.24, 2.45) is 0 Å². The van der Waals surface area contributed by atoms with Crippen molar-refractivity contribution in [3.63, 3.8) is 0 Å². The summed E-state index contributed by atoms with van der Waals surface area (Å²) in [5, 5.41) is 10.1. The van der Waals surface area contributed by atoms with E-state index in [9.17, 15) is 13.2 Å². The van der Waals surface area contributed by atoms with E-state index in [0.29, 0.717) is 18.2 Å². The van der Waals surface area contributed by atoms with Gasteiger partial charge in [0.25, 0.3) is 0 Å². The van der Waals surface area contributed by atoms with Crippen LogP contribution in [0.4, 0.5) is 5.82 Å². The number of carbonyl (C=O) groups is 1. The molecule has 1 aromatic heterocycles. The van der Waals surface area contributed by atoms with Crippen molar-refractivity contribution in [1.29, 1.82) is 0 Å². The third-order valence-corrected chi connectivity index (χ3v) is 5.65. The van der Waals surface area contributed by atoms with Crippen LogP contribution >= 0.6 is 0 Å². The van der Waals surface area contributed by atoms with Crippen LogP contribution in [-0.4, -0.2) is 30.8 Å². The Balaban J connectivity index is 1.77. The van der Waals surface area contributed by atoms with E-state index in [0.717, 1.165) is 29.7 Å². The molecule has 0 bridgehead atoms. The van der Waals surface area contributed by atoms with Gasteiger partial charge in [0.15, 0.2) is 15.7 Å². The maximum Gasteiger partial charge on any atom is 0.226 e. The van der Waals surface area contributed by atoms with Crippen molar-refractivity contribution in [2.75, 3.05) is 11.6 Å². The predicted octanol–water partition coefficient (Wildman–Crippen LogP) is 2.16. The van der Waals surface area contributed by atoms with Crippen LogP contribution in [-0.2, 0) is 14.6 Å². The first-order chi connectivity index (χ1) is 10.9. The Labute approximate surface area is 134 Å². The fourth-order valence-electron chi connectivity index (χ4n) is 3.20. The average Bonchev–Trinajstić information content (AvgIpc) is 3.26. The zero-order valence-corrected chi connectivity index (χ0v) is 13.5. The highest BCUT2D eigenvalue weighted by molar-refractivity contribution is 7.90. The van der Waals surface area contributed by atoms with Gasteiger partial charge < -0.3 is 5.32 Å². The summed E-state index contributed by atoms with van der Waals surface area (Å²) in [6.07, 6.45) is 3.82. The molecular formula is C16H17N3O3S. The molecule has 1 amide bonds. The Morgan fingerprint density at radius 3 is 2.48 bits per heavy atom. The van der Waals surface area contributed by atoms with Crippen molar-refractivity contribution in [2.45, 2.75) is 36.0 Å². The Morgan fingerprint density at radius 2 is 1.87 bits per heavy atom. The molecule has 1 atom stereocenters. The van der Waals surface area contributed by atoms with Crippen LogP contribution in [0.3, 0.4) is 0 Å². The van der Waals surface area contributed by atoms with Gasteiger partial charge in [-0.15, -0.1) is 0 Å². The number of anilines is 1. The molecule has 4 rings (SSSR count). The first kappa shape index (κ1) is 14.4. The first-order valence-corrected chi connectivity index (χ1v) is 9.50. The number of amides is 1. The fourth-order valence-corrected chi connectivity index (χ4v) is 3.83. The number of carbonyl (C=O) groups excluding carboxylic acids is 1. The predicted molar refractivity (Wildman–Crippen MR) is 85.2 cm³/mol. The van der Waals surface area contributed by atoms with Crippen molar-refractivity contribution in [3.8, 4) is 0 Å². The molecule has 0 saturated heterocycles. The fraction of sp³-hybridized carbons (Fsp3) is 0.375. The van der Waals surface area contributed by atoms with Crippen LogP contribution in [0.15, 0.2) is 29.2 Å². The molecular weight excluding hydrogens is 314 g/mol. The lowest BCUT2D eigenvalue weighted by molar-refractivity contribution is -0.116. The van der Waals surface area contributed by atoms with E-state index in [1.807, 2.05) is 0 Å². The van der Waals surface area contributed by atoms with E-state index in [1.165, 1.54) is 6.26 Å². The summed E-state index contributed by atoms with van der Waals surface area (Å²) in [6, 6.07) is 6.81. The molecule has 2 aromatic rings. The standard InChI is InChI=1S/C16H17N3O3S/c1-23(21,22)11-6-4-9(5-7-11)12-8-13(20)17-16-14(12)15(18-19-16)10-2-3-10/h4-7,10,12H,2-3,8H2,1H3,(H2,17,18,19,20). The molecule has 1 unspecified atom stereocenters. The summed E-state index contributed by atoms with van der Waals surface area (Å²) >= 11 is 0. The molecule has 0 spiro atoms. The molecule has 1 aliphatic heterocycles. The highest BCUT2D eigenvalue weighted by Crippen LogP contribution is 2.47. The van der Waals surface area contributed by atoms with Gasteiger partial charge in [-0.05, 0) is 30.5 Å². The molecule has 7 heteroatoms. The number of hydrogen-bond donors (Lipinski definition) is 2. The minimum absolute atomic E-state index is 0.0662. The maximum atomic E-state index is 12.0. The minimum Gasteiger partial charge on any atom is -0.309 e. The van der Waals surface area contributed by atoms with Gasteiger partial charge in [-0.2, -0.15) is 5.10 Å². The average molecular weight is 331 g/mol. The monoisotopic (exact) mass is 331 g/mol. The zero-order chi connectivity index (χ0) is 16.2. The quantitative estimate of drug-likeness (QED) is 0.901. The molecule has 1 fully saturated rings. The zero-order valence-electron chi connectivity index (χ0n) is 12.7. The lowest BCUT2D eigenvalue weighted by atomic mass is 9.85. The molecule has 1 aromatic carbocycles. The van der Waals surface area contributed by atoms with Gasteiger partial charge in [0, 0.05) is 35.8 Å². The largest absolute Gasteiger partial charge is 0.309 e. The van der Waals surface area contributed by atoms with Gasteiger partial charge in [0.2, 0.25) is 5.91 Å². The third-order valence-electron chi connectivity index (χ3n) is 4.53. The number of nitrogens with one attached hydrogen (secondary N) is 2. The molecule has 0 radical (unpaired) electrons. The molecule has 2 heterocycles. The number of fused-ring (bicyclic) bond motifs is 1. The lowest BCUT2D eigenvalue weighted by Gasteiger charge is -2.23. The summed E-state index contributed by atoms with van der Waals surface area (Å²) in [5.74, 6) is 0.963. The summed E-state index contributed by atoms with van der Waals surface area (Å²) in [6.45, 7) is 0. The highest BCUT2D eigenvalue weighted by atomic mass is 32.2. The second-order valence-electron chi connectivity index (χ2n) is 6.32. The number of hydrogen-bond acceptors (Lipinski definition) is 4. The second kappa shape index (κ2) is 4.92. The van der Waals surface area contributed by atoms with Crippen molar-refractivity contribution < 1.29 is 13.2 Å². The van der Waals surface area contributed by atoms with Crippen LogP contribution in [0.2, 0.25) is 0 Å². The topological polar surface area (TPSA) is 91.9 Å². The number of rotatable bonds is 3. The summed E-state index contributed by atoms with van der Waals surface area (Å²) < 4.78 is 23.2. The molecule has 6 nitrogen and oxygen atoms in total. The maximum absolute atomic E-state index is 12.0. The number of benzene rings is 1. The molecule has 1 aliphatic carbocycles. The minimum atomic E-state index is -3.22. The Bertz CT molecular complexity index is 880. The van der Waals surface area contributed by atoms with Crippen molar-refractivity contribution >= 4 is 21.6 Å². The molecule has 2 aliphatic rings. The molecule has 23 heavy (non-hydrogen) atoms. The normalized spacial score (nSPS) is 20.9. The second-order valence-corrected chi connectivity index (χ2v) is 8.34. The van der Waals surface area contributed by atoms with Crippen LogP contribution in [0, 0.1) is 0 Å². The van der Waals surface area contributed by atoms with E-state index in [-0.39, 0.29) is 16.7 Å². The van der Waals surface area contributed by atoms with E-state index < -0.39 is 9.84 Å². The van der Waals surface area contributed by atoms with E-state index >= 15 is 0 Å². The molecule has 120 valence electrons. The number of nitrogens with zero attached hydrogens (tertiary/aromatic N) is 1. The number of aromatic nitrogens is 2. The van der Waals surface area contributed by atoms with Gasteiger partial charge in [0.1, 0.15) is 0 Å². The van der Waals surface area contributed by atoms with Gasteiger partial charge >= 0.3 is 0 Å². The van der Waals surface area contributed by atoms with E-state index in [4.69, 9.17) is 0 Å². The lowest BCUT2D eigenvalue weighted by Crippen LogP contribution is -2.23. The van der Waals surface area contributed by atoms with Crippen LogP contribution in [0.1, 0.15) is 47.9 Å². The van der Waals surface area contributed by atoms with Crippen molar-refractivity contribution in [1.82, 2.24) is 10.2 Å². The Hall–Kier alpha value is -2.15. The SMILES string of the molecule is CS(=O)(=O)c1ccc(C2CC(=O)Nc3n[nH]c(C4CC4)c32)cc1. The Morgan fingerprint density at radius 1 is 1.17 bits per heavy atom. The van der Waals surface area contributed by atoms with Crippen LogP contribution in [0.5, 0.6) is 0 Å². The Kier molecular flexibility index (Phi) is 3.09.